The van der Waals surface area contributed by atoms with E-state index >= 15 is 0 Å². The summed E-state index contributed by atoms with van der Waals surface area (Å²) in [4.78, 5) is 11.6. The van der Waals surface area contributed by atoms with Gasteiger partial charge in [-0.3, -0.25) is 10.1 Å². The van der Waals surface area contributed by atoms with Crippen LogP contribution in [0.3, 0.4) is 0 Å². The standard InChI is InChI=1S/C14H18N2O2/c1-4-11(5-2)15-10-14(17)16-12-6-8-13(18-3)9-7-12/h1,6-9,11,15H,5,10H2,2-3H3,(H,16,17). The van der Waals surface area contributed by atoms with Crippen LogP contribution in [-0.2, 0) is 4.79 Å². The summed E-state index contributed by atoms with van der Waals surface area (Å²) >= 11 is 0. The smallest absolute Gasteiger partial charge is 0.238 e. The van der Waals surface area contributed by atoms with Gasteiger partial charge < -0.3 is 10.1 Å². The molecule has 0 aromatic heterocycles. The molecular weight excluding hydrogens is 228 g/mol. The van der Waals surface area contributed by atoms with E-state index in [4.69, 9.17) is 11.2 Å². The van der Waals surface area contributed by atoms with Gasteiger partial charge in [-0.2, -0.15) is 0 Å². The highest BCUT2D eigenvalue weighted by Crippen LogP contribution is 2.14. The molecule has 0 fully saturated rings. The number of ether oxygens (including phenoxy) is 1. The zero-order valence-corrected chi connectivity index (χ0v) is 10.7. The molecule has 0 aliphatic carbocycles. The summed E-state index contributed by atoms with van der Waals surface area (Å²) in [6, 6.07) is 7.09. The van der Waals surface area contributed by atoms with Gasteiger partial charge in [0.25, 0.3) is 0 Å². The zero-order chi connectivity index (χ0) is 13.4. The minimum atomic E-state index is -0.117. The molecule has 0 saturated carbocycles. The van der Waals surface area contributed by atoms with Crippen molar-refractivity contribution in [2.24, 2.45) is 0 Å². The van der Waals surface area contributed by atoms with Crippen LogP contribution in [0.2, 0.25) is 0 Å². The normalized spacial score (nSPS) is 11.4. The van der Waals surface area contributed by atoms with Crippen molar-refractivity contribution in [2.45, 2.75) is 19.4 Å². The molecule has 4 heteroatoms. The van der Waals surface area contributed by atoms with Gasteiger partial charge in [0.15, 0.2) is 0 Å². The van der Waals surface area contributed by atoms with Crippen molar-refractivity contribution in [2.75, 3.05) is 19.0 Å². The fraction of sp³-hybridized carbons (Fsp3) is 0.357. The van der Waals surface area contributed by atoms with E-state index in [-0.39, 0.29) is 18.5 Å². The molecule has 1 aromatic rings. The molecule has 2 N–H and O–H groups in total. The molecular formula is C14H18N2O2. The lowest BCUT2D eigenvalue weighted by atomic mass is 10.2. The van der Waals surface area contributed by atoms with Crippen molar-refractivity contribution >= 4 is 11.6 Å². The number of amides is 1. The van der Waals surface area contributed by atoms with Crippen LogP contribution in [-0.4, -0.2) is 25.6 Å². The Hall–Kier alpha value is -1.99. The van der Waals surface area contributed by atoms with Gasteiger partial charge in [-0.1, -0.05) is 12.8 Å². The Morgan fingerprint density at radius 3 is 2.61 bits per heavy atom. The molecule has 0 radical (unpaired) electrons. The van der Waals surface area contributed by atoms with Crippen LogP contribution in [0.4, 0.5) is 5.69 Å². The number of carbonyl (C=O) groups is 1. The molecule has 0 saturated heterocycles. The van der Waals surface area contributed by atoms with Gasteiger partial charge in [-0.15, -0.1) is 6.42 Å². The molecule has 1 rings (SSSR count). The Balaban J connectivity index is 2.42. The van der Waals surface area contributed by atoms with Crippen LogP contribution < -0.4 is 15.4 Å². The van der Waals surface area contributed by atoms with E-state index in [1.165, 1.54) is 0 Å². The van der Waals surface area contributed by atoms with Crippen LogP contribution >= 0.6 is 0 Å². The fourth-order valence-corrected chi connectivity index (χ4v) is 1.42. The maximum atomic E-state index is 11.6. The molecule has 0 aliphatic heterocycles. The van der Waals surface area contributed by atoms with Crippen molar-refractivity contribution in [3.63, 3.8) is 0 Å². The topological polar surface area (TPSA) is 50.4 Å². The van der Waals surface area contributed by atoms with Crippen molar-refractivity contribution in [1.29, 1.82) is 0 Å². The Morgan fingerprint density at radius 1 is 1.44 bits per heavy atom. The van der Waals surface area contributed by atoms with Gasteiger partial charge in [-0.05, 0) is 30.7 Å². The quantitative estimate of drug-likeness (QED) is 0.750. The Morgan fingerprint density at radius 2 is 2.11 bits per heavy atom. The second-order valence-electron chi connectivity index (χ2n) is 3.79. The summed E-state index contributed by atoms with van der Waals surface area (Å²) in [6.07, 6.45) is 6.09. The third-order valence-corrected chi connectivity index (χ3v) is 2.49. The molecule has 0 bridgehead atoms. The van der Waals surface area contributed by atoms with Crippen LogP contribution in [0.15, 0.2) is 24.3 Å². The van der Waals surface area contributed by atoms with E-state index < -0.39 is 0 Å². The summed E-state index contributed by atoms with van der Waals surface area (Å²) in [6.45, 7) is 2.17. The van der Waals surface area contributed by atoms with Gasteiger partial charge >= 0.3 is 0 Å². The van der Waals surface area contributed by atoms with Gasteiger partial charge in [0.1, 0.15) is 5.75 Å². The minimum Gasteiger partial charge on any atom is -0.497 e. The summed E-state index contributed by atoms with van der Waals surface area (Å²) < 4.78 is 5.04. The number of methoxy groups -OCH3 is 1. The van der Waals surface area contributed by atoms with E-state index in [9.17, 15) is 4.79 Å². The van der Waals surface area contributed by atoms with E-state index in [1.807, 2.05) is 6.92 Å². The number of hydrogen-bond donors (Lipinski definition) is 2. The first-order valence-electron chi connectivity index (χ1n) is 5.83. The van der Waals surface area contributed by atoms with Crippen molar-refractivity contribution in [1.82, 2.24) is 5.32 Å². The van der Waals surface area contributed by atoms with Crippen molar-refractivity contribution < 1.29 is 9.53 Å². The first kappa shape index (κ1) is 14.1. The van der Waals surface area contributed by atoms with Crippen LogP contribution in [0.25, 0.3) is 0 Å². The molecule has 1 amide bonds. The highest BCUT2D eigenvalue weighted by Gasteiger charge is 2.05. The summed E-state index contributed by atoms with van der Waals surface area (Å²) in [7, 11) is 1.60. The highest BCUT2D eigenvalue weighted by molar-refractivity contribution is 5.92. The number of hydrogen-bond acceptors (Lipinski definition) is 3. The second-order valence-corrected chi connectivity index (χ2v) is 3.79. The predicted octanol–water partition coefficient (Wildman–Crippen LogP) is 1.64. The molecule has 1 unspecified atom stereocenters. The maximum absolute atomic E-state index is 11.6. The first-order valence-corrected chi connectivity index (χ1v) is 5.83. The van der Waals surface area contributed by atoms with Gasteiger partial charge in [0.05, 0.1) is 19.7 Å². The van der Waals surface area contributed by atoms with Crippen molar-refractivity contribution in [3.8, 4) is 18.1 Å². The number of benzene rings is 1. The number of terminal acetylenes is 1. The average molecular weight is 246 g/mol. The summed E-state index contributed by atoms with van der Waals surface area (Å²) in [5.41, 5.74) is 0.733. The summed E-state index contributed by atoms with van der Waals surface area (Å²) in [5.74, 6) is 3.22. The lowest BCUT2D eigenvalue weighted by molar-refractivity contribution is -0.115. The third kappa shape index (κ3) is 4.48. The monoisotopic (exact) mass is 246 g/mol. The summed E-state index contributed by atoms with van der Waals surface area (Å²) in [5, 5.41) is 5.76. The lowest BCUT2D eigenvalue weighted by Gasteiger charge is -2.11. The Bertz CT molecular complexity index is 420. The minimum absolute atomic E-state index is 0.0633. The molecule has 1 aromatic carbocycles. The number of anilines is 1. The number of nitrogens with one attached hydrogen (secondary N) is 2. The fourth-order valence-electron chi connectivity index (χ4n) is 1.42. The van der Waals surface area contributed by atoms with Gasteiger partial charge in [0, 0.05) is 5.69 Å². The molecule has 96 valence electrons. The van der Waals surface area contributed by atoms with E-state index in [1.54, 1.807) is 31.4 Å². The maximum Gasteiger partial charge on any atom is 0.238 e. The van der Waals surface area contributed by atoms with E-state index in [0.29, 0.717) is 0 Å². The molecule has 4 nitrogen and oxygen atoms in total. The average Bonchev–Trinajstić information content (AvgIpc) is 2.41. The molecule has 0 spiro atoms. The van der Waals surface area contributed by atoms with Gasteiger partial charge in [-0.25, -0.2) is 0 Å². The van der Waals surface area contributed by atoms with Crippen LogP contribution in [0.5, 0.6) is 5.75 Å². The number of carbonyl (C=O) groups excluding carboxylic acids is 1. The number of rotatable bonds is 6. The first-order chi connectivity index (χ1) is 8.69. The SMILES string of the molecule is C#CC(CC)NCC(=O)Nc1ccc(OC)cc1. The van der Waals surface area contributed by atoms with E-state index in [2.05, 4.69) is 16.6 Å². The Kier molecular flexibility index (Phi) is 5.75. The van der Waals surface area contributed by atoms with E-state index in [0.717, 1.165) is 17.9 Å². The third-order valence-electron chi connectivity index (χ3n) is 2.49. The zero-order valence-electron chi connectivity index (χ0n) is 10.7. The lowest BCUT2D eigenvalue weighted by Crippen LogP contribution is -2.34. The largest absolute Gasteiger partial charge is 0.497 e. The van der Waals surface area contributed by atoms with Crippen LogP contribution in [0.1, 0.15) is 13.3 Å². The molecule has 1 atom stereocenters. The highest BCUT2D eigenvalue weighted by atomic mass is 16.5. The molecule has 18 heavy (non-hydrogen) atoms. The van der Waals surface area contributed by atoms with Gasteiger partial charge in [0.2, 0.25) is 5.91 Å². The van der Waals surface area contributed by atoms with Crippen molar-refractivity contribution in [3.05, 3.63) is 24.3 Å². The molecule has 0 heterocycles. The second kappa shape index (κ2) is 7.36. The predicted molar refractivity (Wildman–Crippen MR) is 72.5 cm³/mol. The molecule has 0 aliphatic rings. The Labute approximate surface area is 108 Å². The van der Waals surface area contributed by atoms with Crippen LogP contribution in [0, 0.1) is 12.3 Å².